The fraction of sp³-hybridized carbons (Fsp3) is 0.182. The lowest BCUT2D eigenvalue weighted by atomic mass is 10.0. The molecule has 90 valence electrons. The number of primary amides is 1. The second-order valence-corrected chi connectivity index (χ2v) is 4.16. The molecular weight excluding hydrogens is 244 g/mol. The van der Waals surface area contributed by atoms with Gasteiger partial charge in [-0.1, -0.05) is 17.7 Å². The molecule has 1 amide bonds. The second kappa shape index (κ2) is 4.37. The first-order chi connectivity index (χ1) is 8.00. The van der Waals surface area contributed by atoms with Gasteiger partial charge in [-0.3, -0.25) is 4.79 Å². The van der Waals surface area contributed by atoms with Gasteiger partial charge in [-0.2, -0.15) is 0 Å². The van der Waals surface area contributed by atoms with Crippen LogP contribution in [0.25, 0.3) is 10.9 Å². The summed E-state index contributed by atoms with van der Waals surface area (Å²) in [6.07, 6.45) is -1.48. The standard InChI is InChI=1S/C11H11ClN2O3/c12-5-1-2-6-7(4-14-8(6)3-5)9(15)10(16)11(13)17/h1-4,9-10,14-16H,(H2,13,17). The van der Waals surface area contributed by atoms with Crippen molar-refractivity contribution in [2.75, 3.05) is 0 Å². The van der Waals surface area contributed by atoms with Crippen molar-refractivity contribution in [3.8, 4) is 0 Å². The highest BCUT2D eigenvalue weighted by Crippen LogP contribution is 2.28. The minimum atomic E-state index is -1.63. The SMILES string of the molecule is NC(=O)C(O)C(O)c1c[nH]c2cc(Cl)ccc12. The lowest BCUT2D eigenvalue weighted by Gasteiger charge is -2.13. The largest absolute Gasteiger partial charge is 0.385 e. The predicted octanol–water partition coefficient (Wildman–Crippen LogP) is 0.701. The fourth-order valence-corrected chi connectivity index (χ4v) is 1.86. The number of benzene rings is 1. The molecule has 2 unspecified atom stereocenters. The fourth-order valence-electron chi connectivity index (χ4n) is 1.69. The van der Waals surface area contributed by atoms with E-state index in [2.05, 4.69) is 4.98 Å². The molecule has 0 fully saturated rings. The van der Waals surface area contributed by atoms with Crippen LogP contribution in [-0.4, -0.2) is 27.2 Å². The van der Waals surface area contributed by atoms with E-state index in [9.17, 15) is 15.0 Å². The molecule has 2 atom stereocenters. The van der Waals surface area contributed by atoms with Gasteiger partial charge in [-0.05, 0) is 12.1 Å². The van der Waals surface area contributed by atoms with E-state index in [0.717, 1.165) is 0 Å². The summed E-state index contributed by atoms with van der Waals surface area (Å²) in [5.74, 6) is -0.971. The Morgan fingerprint density at radius 1 is 1.41 bits per heavy atom. The quantitative estimate of drug-likeness (QED) is 0.649. The number of rotatable bonds is 3. The number of carbonyl (C=O) groups excluding carboxylic acids is 1. The molecule has 17 heavy (non-hydrogen) atoms. The van der Waals surface area contributed by atoms with Crippen molar-refractivity contribution < 1.29 is 15.0 Å². The molecule has 1 aromatic heterocycles. The maximum Gasteiger partial charge on any atom is 0.249 e. The number of aliphatic hydroxyl groups excluding tert-OH is 2. The van der Waals surface area contributed by atoms with Gasteiger partial charge in [0.05, 0.1) is 0 Å². The van der Waals surface area contributed by atoms with Crippen molar-refractivity contribution in [3.63, 3.8) is 0 Å². The van der Waals surface area contributed by atoms with Crippen molar-refractivity contribution >= 4 is 28.4 Å². The molecule has 2 aromatic rings. The Bertz CT molecular complexity index is 567. The number of aliphatic hydroxyl groups is 2. The molecule has 0 radical (unpaired) electrons. The predicted molar refractivity (Wildman–Crippen MR) is 63.5 cm³/mol. The lowest BCUT2D eigenvalue weighted by Crippen LogP contribution is -2.33. The smallest absolute Gasteiger partial charge is 0.249 e. The summed E-state index contributed by atoms with van der Waals surface area (Å²) in [5.41, 5.74) is 6.05. The number of halogens is 1. The van der Waals surface area contributed by atoms with Crippen molar-refractivity contribution in [1.82, 2.24) is 4.98 Å². The van der Waals surface area contributed by atoms with Gasteiger partial charge in [0, 0.05) is 27.7 Å². The first-order valence-electron chi connectivity index (χ1n) is 4.92. The van der Waals surface area contributed by atoms with E-state index in [4.69, 9.17) is 17.3 Å². The number of nitrogens with one attached hydrogen (secondary N) is 1. The Kier molecular flexibility index (Phi) is 3.06. The molecule has 0 aliphatic heterocycles. The van der Waals surface area contributed by atoms with E-state index in [1.165, 1.54) is 6.20 Å². The maximum atomic E-state index is 10.8. The molecule has 0 bridgehead atoms. The molecule has 0 saturated heterocycles. The van der Waals surface area contributed by atoms with E-state index in [-0.39, 0.29) is 0 Å². The summed E-state index contributed by atoms with van der Waals surface area (Å²) in [6.45, 7) is 0. The number of amides is 1. The molecule has 5 nitrogen and oxygen atoms in total. The second-order valence-electron chi connectivity index (χ2n) is 3.73. The van der Waals surface area contributed by atoms with Crippen molar-refractivity contribution in [2.45, 2.75) is 12.2 Å². The van der Waals surface area contributed by atoms with E-state index in [1.54, 1.807) is 18.2 Å². The summed E-state index contributed by atoms with van der Waals surface area (Å²) in [4.78, 5) is 13.7. The van der Waals surface area contributed by atoms with Crippen molar-refractivity contribution in [2.24, 2.45) is 5.73 Å². The number of hydrogen-bond donors (Lipinski definition) is 4. The van der Waals surface area contributed by atoms with Crippen molar-refractivity contribution in [1.29, 1.82) is 0 Å². The van der Waals surface area contributed by atoms with Crippen LogP contribution >= 0.6 is 11.6 Å². The Labute approximate surface area is 102 Å². The topological polar surface area (TPSA) is 99.3 Å². The molecule has 0 saturated carbocycles. The van der Waals surface area contributed by atoms with Crippen LogP contribution in [0, 0.1) is 0 Å². The van der Waals surface area contributed by atoms with Gasteiger partial charge in [0.1, 0.15) is 6.10 Å². The van der Waals surface area contributed by atoms with Crippen LogP contribution in [0.1, 0.15) is 11.7 Å². The molecule has 0 aliphatic carbocycles. The first kappa shape index (κ1) is 11.9. The summed E-state index contributed by atoms with van der Waals surface area (Å²) in [6, 6.07) is 5.04. The zero-order chi connectivity index (χ0) is 12.6. The molecule has 6 heteroatoms. The van der Waals surface area contributed by atoms with Crippen LogP contribution in [0.3, 0.4) is 0 Å². The van der Waals surface area contributed by atoms with Crippen LogP contribution < -0.4 is 5.73 Å². The molecule has 2 rings (SSSR count). The van der Waals surface area contributed by atoms with E-state index < -0.39 is 18.1 Å². The van der Waals surface area contributed by atoms with Crippen LogP contribution in [0.2, 0.25) is 5.02 Å². The summed E-state index contributed by atoms with van der Waals surface area (Å²) in [7, 11) is 0. The number of carbonyl (C=O) groups is 1. The molecule has 1 aromatic carbocycles. The Morgan fingerprint density at radius 3 is 2.76 bits per heavy atom. The van der Waals surface area contributed by atoms with E-state index in [0.29, 0.717) is 21.5 Å². The van der Waals surface area contributed by atoms with Gasteiger partial charge < -0.3 is 20.9 Å². The highest BCUT2D eigenvalue weighted by Gasteiger charge is 2.25. The monoisotopic (exact) mass is 254 g/mol. The van der Waals surface area contributed by atoms with Gasteiger partial charge >= 0.3 is 0 Å². The van der Waals surface area contributed by atoms with Crippen LogP contribution in [0.4, 0.5) is 0 Å². The number of aromatic nitrogens is 1. The molecule has 0 aliphatic rings. The first-order valence-corrected chi connectivity index (χ1v) is 5.30. The number of hydrogen-bond acceptors (Lipinski definition) is 3. The third kappa shape index (κ3) is 2.12. The average molecular weight is 255 g/mol. The average Bonchev–Trinajstić information content (AvgIpc) is 2.69. The Morgan fingerprint density at radius 2 is 2.12 bits per heavy atom. The van der Waals surface area contributed by atoms with Crippen LogP contribution in [0.5, 0.6) is 0 Å². The van der Waals surface area contributed by atoms with Crippen molar-refractivity contribution in [3.05, 3.63) is 35.0 Å². The minimum Gasteiger partial charge on any atom is -0.385 e. The molecular formula is C11H11ClN2O3. The van der Waals surface area contributed by atoms with E-state index in [1.807, 2.05) is 0 Å². The third-order valence-electron chi connectivity index (χ3n) is 2.59. The lowest BCUT2D eigenvalue weighted by molar-refractivity contribution is -0.131. The van der Waals surface area contributed by atoms with Gasteiger partial charge in [-0.25, -0.2) is 0 Å². The number of aromatic amines is 1. The Balaban J connectivity index is 2.46. The summed E-state index contributed by atoms with van der Waals surface area (Å²) in [5, 5.41) is 20.5. The zero-order valence-corrected chi connectivity index (χ0v) is 9.48. The van der Waals surface area contributed by atoms with Crippen LogP contribution in [0.15, 0.2) is 24.4 Å². The summed E-state index contributed by atoms with van der Waals surface area (Å²) < 4.78 is 0. The maximum absolute atomic E-state index is 10.8. The highest BCUT2D eigenvalue weighted by atomic mass is 35.5. The normalized spacial score (nSPS) is 14.8. The van der Waals surface area contributed by atoms with E-state index >= 15 is 0 Å². The van der Waals surface area contributed by atoms with Gasteiger partial charge in [-0.15, -0.1) is 0 Å². The molecule has 0 spiro atoms. The zero-order valence-electron chi connectivity index (χ0n) is 8.72. The number of nitrogens with two attached hydrogens (primary N) is 1. The third-order valence-corrected chi connectivity index (χ3v) is 2.82. The highest BCUT2D eigenvalue weighted by molar-refractivity contribution is 6.31. The van der Waals surface area contributed by atoms with Gasteiger partial charge in [0.2, 0.25) is 5.91 Å². The number of fused-ring (bicyclic) bond motifs is 1. The van der Waals surface area contributed by atoms with Gasteiger partial charge in [0.25, 0.3) is 0 Å². The molecule has 1 heterocycles. The summed E-state index contributed by atoms with van der Waals surface area (Å²) >= 11 is 5.81. The van der Waals surface area contributed by atoms with Gasteiger partial charge in [0.15, 0.2) is 6.10 Å². The van der Waals surface area contributed by atoms with Crippen LogP contribution in [-0.2, 0) is 4.79 Å². The molecule has 5 N–H and O–H groups in total. The Hall–Kier alpha value is -1.56. The number of H-pyrrole nitrogens is 1. The minimum absolute atomic E-state index is 0.406.